The molecule has 8 heteroatoms. The molecule has 1 amide bonds. The lowest BCUT2D eigenvalue weighted by Gasteiger charge is -2.60. The minimum atomic E-state index is -0.810. The SMILES string of the molecule is C[C@H]1[C@@H](OCNC(=O)Cc2ccc(Cl)cc2)O[C@@H]2O[C@@]3(C)CC[C@H]4[C@H](C)CC[C@@H]1[C@@]24OO3. The molecule has 0 radical (unpaired) electrons. The molecule has 7 nitrogen and oxygen atoms in total. The molecule has 2 bridgehead atoms. The summed E-state index contributed by atoms with van der Waals surface area (Å²) in [5.74, 6) is 0.173. The lowest BCUT2D eigenvalue weighted by molar-refractivity contribution is -0.577. The summed E-state index contributed by atoms with van der Waals surface area (Å²) >= 11 is 5.91. The number of rotatable bonds is 5. The Hall–Kier alpha value is -1.22. The van der Waals surface area contributed by atoms with Gasteiger partial charge < -0.3 is 19.5 Å². The van der Waals surface area contributed by atoms with E-state index < -0.39 is 24.0 Å². The molecule has 8 atom stereocenters. The zero-order valence-corrected chi connectivity index (χ0v) is 19.6. The maximum absolute atomic E-state index is 12.3. The van der Waals surface area contributed by atoms with Crippen molar-refractivity contribution in [3.8, 4) is 0 Å². The first-order valence-corrected chi connectivity index (χ1v) is 12.0. The van der Waals surface area contributed by atoms with Crippen molar-refractivity contribution in [1.82, 2.24) is 5.32 Å². The van der Waals surface area contributed by atoms with Crippen molar-refractivity contribution in [2.75, 3.05) is 6.73 Å². The van der Waals surface area contributed by atoms with Gasteiger partial charge in [0.15, 0.2) is 18.2 Å². The summed E-state index contributed by atoms with van der Waals surface area (Å²) in [6, 6.07) is 7.24. The van der Waals surface area contributed by atoms with Gasteiger partial charge in [-0.05, 0) is 55.7 Å². The molecule has 1 aromatic carbocycles. The predicted octanol–water partition coefficient (Wildman–Crippen LogP) is 4.18. The van der Waals surface area contributed by atoms with E-state index in [9.17, 15) is 4.79 Å². The Labute approximate surface area is 193 Å². The highest BCUT2D eigenvalue weighted by Gasteiger charge is 2.69. The molecule has 176 valence electrons. The fraction of sp³-hybridized carbons (Fsp3) is 0.708. The van der Waals surface area contributed by atoms with Crippen LogP contribution in [-0.2, 0) is 35.2 Å². The van der Waals surface area contributed by atoms with Crippen molar-refractivity contribution in [1.29, 1.82) is 0 Å². The zero-order valence-electron chi connectivity index (χ0n) is 18.8. The van der Waals surface area contributed by atoms with Crippen LogP contribution in [0.3, 0.4) is 0 Å². The molecule has 1 aliphatic carbocycles. The Bertz CT molecular complexity index is 851. The van der Waals surface area contributed by atoms with E-state index in [2.05, 4.69) is 19.2 Å². The highest BCUT2D eigenvalue weighted by Crippen LogP contribution is 2.60. The number of fused-ring (bicyclic) bond motifs is 2. The molecule has 6 rings (SSSR count). The number of carbonyl (C=O) groups is 1. The van der Waals surface area contributed by atoms with Crippen LogP contribution in [0.25, 0.3) is 0 Å². The molecule has 5 fully saturated rings. The molecule has 0 unspecified atom stereocenters. The van der Waals surface area contributed by atoms with E-state index in [4.69, 9.17) is 35.6 Å². The first kappa shape index (κ1) is 22.6. The van der Waals surface area contributed by atoms with Gasteiger partial charge in [-0.3, -0.25) is 4.79 Å². The number of carbonyl (C=O) groups excluding carboxylic acids is 1. The minimum absolute atomic E-state index is 0.0718. The second kappa shape index (κ2) is 8.53. The Morgan fingerprint density at radius 1 is 1.16 bits per heavy atom. The molecule has 1 N–H and O–H groups in total. The van der Waals surface area contributed by atoms with Gasteiger partial charge in [0.1, 0.15) is 6.73 Å². The Kier molecular flexibility index (Phi) is 6.01. The van der Waals surface area contributed by atoms with Crippen LogP contribution in [0.15, 0.2) is 24.3 Å². The predicted molar refractivity (Wildman–Crippen MR) is 116 cm³/mol. The topological polar surface area (TPSA) is 75.3 Å². The average Bonchev–Trinajstić information content (AvgIpc) is 2.99. The van der Waals surface area contributed by atoms with Crippen LogP contribution in [-0.4, -0.2) is 36.6 Å². The Morgan fingerprint density at radius 3 is 2.72 bits per heavy atom. The zero-order chi connectivity index (χ0) is 22.5. The molecule has 32 heavy (non-hydrogen) atoms. The van der Waals surface area contributed by atoms with Gasteiger partial charge in [0, 0.05) is 23.3 Å². The van der Waals surface area contributed by atoms with Crippen LogP contribution >= 0.6 is 11.6 Å². The fourth-order valence-corrected chi connectivity index (χ4v) is 6.24. The molecule has 1 spiro atoms. The van der Waals surface area contributed by atoms with Crippen LogP contribution in [0.1, 0.15) is 52.0 Å². The third-order valence-corrected chi connectivity index (χ3v) is 8.14. The Morgan fingerprint density at radius 2 is 1.94 bits per heavy atom. The summed E-state index contributed by atoms with van der Waals surface area (Å²) < 4.78 is 18.7. The van der Waals surface area contributed by atoms with Crippen LogP contribution < -0.4 is 5.32 Å². The number of hydrogen-bond donors (Lipinski definition) is 1. The van der Waals surface area contributed by atoms with Crippen LogP contribution in [0.4, 0.5) is 0 Å². The Balaban J connectivity index is 1.24. The molecule has 4 saturated heterocycles. The highest BCUT2D eigenvalue weighted by molar-refractivity contribution is 6.30. The second-order valence-electron chi connectivity index (χ2n) is 9.99. The van der Waals surface area contributed by atoms with Gasteiger partial charge in [-0.15, -0.1) is 0 Å². The van der Waals surface area contributed by atoms with Gasteiger partial charge in [0.2, 0.25) is 11.7 Å². The van der Waals surface area contributed by atoms with E-state index in [1.54, 1.807) is 12.1 Å². The molecule has 4 heterocycles. The van der Waals surface area contributed by atoms with Crippen molar-refractivity contribution in [2.24, 2.45) is 23.7 Å². The molecule has 0 aromatic heterocycles. The van der Waals surface area contributed by atoms with Crippen molar-refractivity contribution >= 4 is 17.5 Å². The number of benzene rings is 1. The third-order valence-electron chi connectivity index (χ3n) is 7.89. The number of amides is 1. The van der Waals surface area contributed by atoms with Crippen molar-refractivity contribution in [3.63, 3.8) is 0 Å². The standard InChI is InChI=1S/C24H32ClNO6/c1-14-4-9-19-15(2)21(28-13-26-20(27)12-16-5-7-17(25)8-6-16)29-22-24(19)18(14)10-11-23(3,30-22)31-32-24/h5-8,14-15,18-19,21-22H,4,9-13H2,1-3H3,(H,26,27)/t14-,15-,18+,19+,21+,22-,23-,24-/m1/s1. The molecule has 5 aliphatic rings. The molecular formula is C24H32ClNO6. The van der Waals surface area contributed by atoms with Gasteiger partial charge in [-0.2, -0.15) is 0 Å². The van der Waals surface area contributed by atoms with Crippen molar-refractivity contribution < 1.29 is 28.8 Å². The summed E-state index contributed by atoms with van der Waals surface area (Å²) in [5.41, 5.74) is 0.289. The number of halogens is 1. The van der Waals surface area contributed by atoms with E-state index in [-0.39, 0.29) is 30.9 Å². The monoisotopic (exact) mass is 465 g/mol. The first-order chi connectivity index (χ1) is 15.3. The van der Waals surface area contributed by atoms with Crippen LogP contribution in [0.2, 0.25) is 5.02 Å². The summed E-state index contributed by atoms with van der Waals surface area (Å²) in [6.07, 6.45) is 3.13. The van der Waals surface area contributed by atoms with Crippen molar-refractivity contribution in [3.05, 3.63) is 34.9 Å². The second-order valence-corrected chi connectivity index (χ2v) is 10.4. The normalized spacial score (nSPS) is 42.8. The molecular weight excluding hydrogens is 434 g/mol. The van der Waals surface area contributed by atoms with E-state index in [1.807, 2.05) is 19.1 Å². The largest absolute Gasteiger partial charge is 0.333 e. The maximum atomic E-state index is 12.3. The quantitative estimate of drug-likeness (QED) is 0.519. The number of nitrogens with one attached hydrogen (secondary N) is 1. The molecule has 4 aliphatic heterocycles. The fourth-order valence-electron chi connectivity index (χ4n) is 6.12. The number of ether oxygens (including phenoxy) is 3. The van der Waals surface area contributed by atoms with E-state index >= 15 is 0 Å². The number of hydrogen-bond acceptors (Lipinski definition) is 6. The average molecular weight is 466 g/mol. The van der Waals surface area contributed by atoms with E-state index in [0.717, 1.165) is 31.2 Å². The summed E-state index contributed by atoms with van der Waals surface area (Å²) in [6.45, 7) is 6.40. The van der Waals surface area contributed by atoms with Gasteiger partial charge in [0.25, 0.3) is 0 Å². The lowest BCUT2D eigenvalue weighted by Crippen LogP contribution is -2.70. The maximum Gasteiger partial charge on any atom is 0.226 e. The van der Waals surface area contributed by atoms with E-state index in [1.165, 1.54) is 0 Å². The van der Waals surface area contributed by atoms with Gasteiger partial charge in [-0.1, -0.05) is 37.6 Å². The minimum Gasteiger partial charge on any atom is -0.333 e. The van der Waals surface area contributed by atoms with Gasteiger partial charge >= 0.3 is 0 Å². The molecule has 1 aromatic rings. The highest BCUT2D eigenvalue weighted by atomic mass is 35.5. The summed E-state index contributed by atoms with van der Waals surface area (Å²) in [4.78, 5) is 24.3. The summed E-state index contributed by atoms with van der Waals surface area (Å²) in [5, 5.41) is 3.48. The van der Waals surface area contributed by atoms with Crippen LogP contribution in [0, 0.1) is 23.7 Å². The van der Waals surface area contributed by atoms with Gasteiger partial charge in [-0.25, -0.2) is 9.78 Å². The van der Waals surface area contributed by atoms with Crippen molar-refractivity contribution in [2.45, 2.75) is 76.8 Å². The smallest absolute Gasteiger partial charge is 0.226 e. The van der Waals surface area contributed by atoms with Crippen LogP contribution in [0.5, 0.6) is 0 Å². The first-order valence-electron chi connectivity index (χ1n) is 11.6. The molecule has 1 saturated carbocycles. The van der Waals surface area contributed by atoms with E-state index in [0.29, 0.717) is 16.9 Å². The lowest BCUT2D eigenvalue weighted by atomic mass is 9.58. The summed E-state index contributed by atoms with van der Waals surface area (Å²) in [7, 11) is 0. The third kappa shape index (κ3) is 3.87. The van der Waals surface area contributed by atoms with Gasteiger partial charge in [0.05, 0.1) is 6.42 Å².